The molecule has 1 aliphatic rings. The number of carbonyl (C=O) groups excluding carboxylic acids is 2. The number of hydrogen-bond acceptors (Lipinski definition) is 4. The zero-order valence-corrected chi connectivity index (χ0v) is 14.1. The highest BCUT2D eigenvalue weighted by Gasteiger charge is 2.33. The molecule has 2 amide bonds. The summed E-state index contributed by atoms with van der Waals surface area (Å²) in [7, 11) is 1.74. The van der Waals surface area contributed by atoms with Gasteiger partial charge in [0.25, 0.3) is 5.91 Å². The van der Waals surface area contributed by atoms with Gasteiger partial charge in [-0.05, 0) is 32.4 Å². The smallest absolute Gasteiger partial charge is 0.269 e. The normalized spacial score (nSPS) is 20.7. The van der Waals surface area contributed by atoms with Crippen LogP contribution in [0.15, 0.2) is 18.3 Å². The van der Waals surface area contributed by atoms with Gasteiger partial charge in [0, 0.05) is 26.2 Å². The Morgan fingerprint density at radius 3 is 2.96 bits per heavy atom. The lowest BCUT2D eigenvalue weighted by molar-refractivity contribution is -0.123. The minimum Gasteiger partial charge on any atom is -0.346 e. The van der Waals surface area contributed by atoms with Crippen LogP contribution in [0.1, 0.15) is 47.7 Å². The van der Waals surface area contributed by atoms with Crippen LogP contribution in [0.4, 0.5) is 0 Å². The molecule has 8 heteroatoms. The molecular weight excluding hydrogens is 308 g/mol. The zero-order valence-electron chi connectivity index (χ0n) is 14.1. The lowest BCUT2D eigenvalue weighted by Gasteiger charge is -2.33. The number of aromatic nitrogens is 4. The summed E-state index contributed by atoms with van der Waals surface area (Å²) in [6.45, 7) is 4.55. The van der Waals surface area contributed by atoms with Crippen LogP contribution in [0.2, 0.25) is 0 Å². The molecular formula is C16H22N6O2. The SMILES string of the molecule is CCn1nccc1C1NC(=O)CCC1NC(=O)c1cc(C)nn1C. The molecule has 0 spiro atoms. The quantitative estimate of drug-likeness (QED) is 0.863. The van der Waals surface area contributed by atoms with Crippen LogP contribution in [0, 0.1) is 6.92 Å². The van der Waals surface area contributed by atoms with Gasteiger partial charge in [0.15, 0.2) is 0 Å². The first-order valence-electron chi connectivity index (χ1n) is 8.12. The first-order chi connectivity index (χ1) is 11.5. The predicted molar refractivity (Wildman–Crippen MR) is 87.2 cm³/mol. The van der Waals surface area contributed by atoms with E-state index in [1.807, 2.05) is 24.6 Å². The van der Waals surface area contributed by atoms with E-state index in [9.17, 15) is 9.59 Å². The lowest BCUT2D eigenvalue weighted by atomic mass is 9.95. The first kappa shape index (κ1) is 16.2. The summed E-state index contributed by atoms with van der Waals surface area (Å²) in [6, 6.07) is 3.16. The molecule has 128 valence electrons. The maximum absolute atomic E-state index is 12.6. The van der Waals surface area contributed by atoms with E-state index in [1.165, 1.54) is 0 Å². The van der Waals surface area contributed by atoms with Crippen LogP contribution in [-0.4, -0.2) is 37.4 Å². The Hall–Kier alpha value is -2.64. The topological polar surface area (TPSA) is 93.8 Å². The molecule has 1 saturated heterocycles. The van der Waals surface area contributed by atoms with Crippen molar-refractivity contribution in [3.05, 3.63) is 35.4 Å². The molecule has 2 aromatic heterocycles. The van der Waals surface area contributed by atoms with Gasteiger partial charge < -0.3 is 10.6 Å². The van der Waals surface area contributed by atoms with Crippen molar-refractivity contribution in [1.29, 1.82) is 0 Å². The Bertz CT molecular complexity index is 762. The Morgan fingerprint density at radius 1 is 1.50 bits per heavy atom. The molecule has 0 aliphatic carbocycles. The van der Waals surface area contributed by atoms with Gasteiger partial charge in [-0.2, -0.15) is 10.2 Å². The van der Waals surface area contributed by atoms with Crippen LogP contribution >= 0.6 is 0 Å². The third-order valence-electron chi connectivity index (χ3n) is 4.32. The minimum atomic E-state index is -0.285. The van der Waals surface area contributed by atoms with E-state index in [0.29, 0.717) is 25.1 Å². The second-order valence-corrected chi connectivity index (χ2v) is 6.03. The van der Waals surface area contributed by atoms with Crippen LogP contribution in [0.25, 0.3) is 0 Å². The molecule has 3 heterocycles. The monoisotopic (exact) mass is 330 g/mol. The molecule has 2 aromatic rings. The van der Waals surface area contributed by atoms with E-state index in [1.54, 1.807) is 24.0 Å². The van der Waals surface area contributed by atoms with Gasteiger partial charge in [0.2, 0.25) is 5.91 Å². The summed E-state index contributed by atoms with van der Waals surface area (Å²) in [4.78, 5) is 24.5. The molecule has 1 aliphatic heterocycles. The fraction of sp³-hybridized carbons (Fsp3) is 0.500. The fourth-order valence-electron chi connectivity index (χ4n) is 3.17. The third-order valence-corrected chi connectivity index (χ3v) is 4.32. The van der Waals surface area contributed by atoms with Crippen molar-refractivity contribution in [2.45, 2.75) is 45.3 Å². The second-order valence-electron chi connectivity index (χ2n) is 6.03. The van der Waals surface area contributed by atoms with Gasteiger partial charge in [-0.25, -0.2) is 0 Å². The number of amides is 2. The van der Waals surface area contributed by atoms with Crippen LogP contribution in [0.5, 0.6) is 0 Å². The molecule has 3 rings (SSSR count). The van der Waals surface area contributed by atoms with E-state index in [0.717, 1.165) is 11.4 Å². The maximum atomic E-state index is 12.6. The average Bonchev–Trinajstić information content (AvgIpc) is 3.14. The zero-order chi connectivity index (χ0) is 17.3. The number of rotatable bonds is 4. The van der Waals surface area contributed by atoms with Crippen molar-refractivity contribution < 1.29 is 9.59 Å². The molecule has 8 nitrogen and oxygen atoms in total. The van der Waals surface area contributed by atoms with Crippen LogP contribution < -0.4 is 10.6 Å². The molecule has 24 heavy (non-hydrogen) atoms. The van der Waals surface area contributed by atoms with E-state index >= 15 is 0 Å². The lowest BCUT2D eigenvalue weighted by Crippen LogP contribution is -2.51. The Balaban J connectivity index is 1.83. The van der Waals surface area contributed by atoms with Gasteiger partial charge in [0.1, 0.15) is 5.69 Å². The summed E-state index contributed by atoms with van der Waals surface area (Å²) in [5.74, 6) is -0.197. The largest absolute Gasteiger partial charge is 0.346 e. The van der Waals surface area contributed by atoms with Crippen LogP contribution in [0.3, 0.4) is 0 Å². The number of hydrogen-bond donors (Lipinski definition) is 2. The molecule has 0 aromatic carbocycles. The van der Waals surface area contributed by atoms with Crippen molar-refractivity contribution in [3.8, 4) is 0 Å². The molecule has 1 fully saturated rings. The Kier molecular flexibility index (Phi) is 4.37. The van der Waals surface area contributed by atoms with Crippen molar-refractivity contribution in [3.63, 3.8) is 0 Å². The van der Waals surface area contributed by atoms with E-state index in [-0.39, 0.29) is 23.9 Å². The van der Waals surface area contributed by atoms with Gasteiger partial charge in [-0.3, -0.25) is 19.0 Å². The highest BCUT2D eigenvalue weighted by molar-refractivity contribution is 5.93. The molecule has 0 saturated carbocycles. The molecule has 0 radical (unpaired) electrons. The molecule has 0 bridgehead atoms. The summed E-state index contributed by atoms with van der Waals surface area (Å²) in [6.07, 6.45) is 2.70. The van der Waals surface area contributed by atoms with Crippen molar-refractivity contribution in [2.24, 2.45) is 7.05 Å². The van der Waals surface area contributed by atoms with Crippen molar-refractivity contribution in [2.75, 3.05) is 0 Å². The summed E-state index contributed by atoms with van der Waals surface area (Å²) in [5.41, 5.74) is 2.20. The van der Waals surface area contributed by atoms with Crippen LogP contribution in [-0.2, 0) is 18.4 Å². The van der Waals surface area contributed by atoms with Crippen molar-refractivity contribution >= 4 is 11.8 Å². The van der Waals surface area contributed by atoms with Gasteiger partial charge in [-0.15, -0.1) is 0 Å². The first-order valence-corrected chi connectivity index (χ1v) is 8.12. The van der Waals surface area contributed by atoms with Crippen molar-refractivity contribution in [1.82, 2.24) is 30.2 Å². The Labute approximate surface area is 140 Å². The molecule has 2 N–H and O–H groups in total. The highest BCUT2D eigenvalue weighted by atomic mass is 16.2. The molecule has 2 unspecified atom stereocenters. The standard InChI is InChI=1S/C16H22N6O2/c1-4-22-12(7-8-17-22)15-11(5-6-14(23)19-15)18-16(24)13-9-10(2)20-21(13)3/h7-9,11,15H,4-6H2,1-3H3,(H,18,24)(H,19,23). The number of piperidine rings is 1. The number of nitrogens with zero attached hydrogens (tertiary/aromatic N) is 4. The Morgan fingerprint density at radius 2 is 2.29 bits per heavy atom. The summed E-state index contributed by atoms with van der Waals surface area (Å²) < 4.78 is 3.40. The summed E-state index contributed by atoms with van der Waals surface area (Å²) >= 11 is 0. The van der Waals surface area contributed by atoms with E-state index < -0.39 is 0 Å². The van der Waals surface area contributed by atoms with E-state index in [2.05, 4.69) is 20.8 Å². The number of aryl methyl sites for hydroxylation is 3. The third kappa shape index (κ3) is 3.04. The number of carbonyl (C=O) groups is 2. The van der Waals surface area contributed by atoms with E-state index in [4.69, 9.17) is 0 Å². The fourth-order valence-corrected chi connectivity index (χ4v) is 3.17. The average molecular weight is 330 g/mol. The minimum absolute atomic E-state index is 0.00858. The second kappa shape index (κ2) is 6.46. The van der Waals surface area contributed by atoms with Gasteiger partial charge >= 0.3 is 0 Å². The van der Waals surface area contributed by atoms with Gasteiger partial charge in [-0.1, -0.05) is 0 Å². The highest BCUT2D eigenvalue weighted by Crippen LogP contribution is 2.24. The van der Waals surface area contributed by atoms with Gasteiger partial charge in [0.05, 0.1) is 23.5 Å². The summed E-state index contributed by atoms with van der Waals surface area (Å²) in [5, 5.41) is 14.5. The number of nitrogens with one attached hydrogen (secondary N) is 2. The molecule has 2 atom stereocenters. The predicted octanol–water partition coefficient (Wildman–Crippen LogP) is 0.695. The maximum Gasteiger partial charge on any atom is 0.269 e.